The maximum Gasteiger partial charge on any atom is 0.231 e. The van der Waals surface area contributed by atoms with Gasteiger partial charge in [0.05, 0.1) is 12.3 Å². The number of aliphatic imine (C=N–C) groups is 1. The van der Waals surface area contributed by atoms with Crippen molar-refractivity contribution in [2.75, 3.05) is 25.6 Å². The summed E-state index contributed by atoms with van der Waals surface area (Å²) in [4.78, 5) is 4.51. The molecule has 1 aliphatic heterocycles. The van der Waals surface area contributed by atoms with Crippen LogP contribution < -0.4 is 24.8 Å². The van der Waals surface area contributed by atoms with Gasteiger partial charge < -0.3 is 20.1 Å². The van der Waals surface area contributed by atoms with Crippen LogP contribution in [0.2, 0.25) is 0 Å². The summed E-state index contributed by atoms with van der Waals surface area (Å²) >= 11 is 0. The third kappa shape index (κ3) is 6.65. The van der Waals surface area contributed by atoms with Gasteiger partial charge in [0.25, 0.3) is 0 Å². The Kier molecular flexibility index (Phi) is 7.31. The molecule has 2 aromatic rings. The molecule has 0 radical (unpaired) electrons. The van der Waals surface area contributed by atoms with Gasteiger partial charge in [-0.1, -0.05) is 36.4 Å². The Hall–Kier alpha value is -2.78. The first-order valence-electron chi connectivity index (χ1n) is 9.48. The average molecular weight is 419 g/mol. The molecule has 0 saturated carbocycles. The van der Waals surface area contributed by atoms with Crippen LogP contribution in [0.3, 0.4) is 0 Å². The lowest BCUT2D eigenvalue weighted by Crippen LogP contribution is -2.41. The molecule has 29 heavy (non-hydrogen) atoms. The predicted octanol–water partition coefficient (Wildman–Crippen LogP) is 1.59. The number of nitrogens with one attached hydrogen (secondary N) is 3. The molecule has 156 valence electrons. The number of guanidine groups is 1. The highest BCUT2D eigenvalue weighted by Gasteiger charge is 2.13. The highest BCUT2D eigenvalue weighted by Crippen LogP contribution is 2.32. The summed E-state index contributed by atoms with van der Waals surface area (Å²) in [6, 6.07) is 15.1. The van der Waals surface area contributed by atoms with Crippen LogP contribution in [0, 0.1) is 0 Å². The quantitative estimate of drug-likeness (QED) is 0.422. The van der Waals surface area contributed by atoms with Crippen LogP contribution in [0.1, 0.15) is 18.1 Å². The van der Waals surface area contributed by atoms with Gasteiger partial charge in [-0.05, 0) is 30.2 Å². The number of sulfonamides is 1. The van der Waals surface area contributed by atoms with Crippen molar-refractivity contribution >= 4 is 16.0 Å². The number of rotatable bonds is 9. The zero-order chi connectivity index (χ0) is 20.5. The highest BCUT2D eigenvalue weighted by atomic mass is 32.2. The molecule has 0 fully saturated rings. The monoisotopic (exact) mass is 418 g/mol. The second-order valence-electron chi connectivity index (χ2n) is 6.44. The SMILES string of the molecule is CCNC(=NCc1ccc2c(c1)OCO2)NCCS(=O)(=O)NCc1ccccc1. The molecule has 8 nitrogen and oxygen atoms in total. The van der Waals surface area contributed by atoms with Gasteiger partial charge in [-0.25, -0.2) is 18.1 Å². The Bertz CT molecular complexity index is 933. The summed E-state index contributed by atoms with van der Waals surface area (Å²) in [7, 11) is -3.39. The lowest BCUT2D eigenvalue weighted by atomic mass is 10.2. The lowest BCUT2D eigenvalue weighted by Gasteiger charge is -2.12. The molecule has 0 aliphatic carbocycles. The van der Waals surface area contributed by atoms with Gasteiger partial charge >= 0.3 is 0 Å². The van der Waals surface area contributed by atoms with Gasteiger partial charge in [-0.3, -0.25) is 0 Å². The second-order valence-corrected chi connectivity index (χ2v) is 8.36. The maximum absolute atomic E-state index is 12.2. The Labute approximate surface area is 171 Å². The Morgan fingerprint density at radius 2 is 1.83 bits per heavy atom. The lowest BCUT2D eigenvalue weighted by molar-refractivity contribution is 0.174. The topological polar surface area (TPSA) is 101 Å². The summed E-state index contributed by atoms with van der Waals surface area (Å²) in [6.45, 7) is 3.82. The van der Waals surface area contributed by atoms with Crippen molar-refractivity contribution in [3.63, 3.8) is 0 Å². The van der Waals surface area contributed by atoms with E-state index >= 15 is 0 Å². The minimum Gasteiger partial charge on any atom is -0.454 e. The number of ether oxygens (including phenoxy) is 2. The molecule has 0 amide bonds. The van der Waals surface area contributed by atoms with Crippen LogP contribution in [-0.4, -0.2) is 40.0 Å². The summed E-state index contributed by atoms with van der Waals surface area (Å²) in [5, 5.41) is 6.18. The average Bonchev–Trinajstić information content (AvgIpc) is 3.19. The van der Waals surface area contributed by atoms with E-state index in [9.17, 15) is 8.42 Å². The van der Waals surface area contributed by atoms with Crippen molar-refractivity contribution in [2.24, 2.45) is 4.99 Å². The summed E-state index contributed by atoms with van der Waals surface area (Å²) in [6.07, 6.45) is 0. The number of nitrogens with zero attached hydrogens (tertiary/aromatic N) is 1. The molecule has 0 aromatic heterocycles. The predicted molar refractivity (Wildman–Crippen MR) is 112 cm³/mol. The van der Waals surface area contributed by atoms with E-state index < -0.39 is 10.0 Å². The van der Waals surface area contributed by atoms with E-state index in [1.165, 1.54) is 0 Å². The molecular formula is C20H26N4O4S. The van der Waals surface area contributed by atoms with E-state index in [-0.39, 0.29) is 25.6 Å². The van der Waals surface area contributed by atoms with Crippen molar-refractivity contribution in [3.8, 4) is 11.5 Å². The van der Waals surface area contributed by atoms with Crippen molar-refractivity contribution in [3.05, 3.63) is 59.7 Å². The molecule has 1 heterocycles. The molecule has 1 aliphatic rings. The van der Waals surface area contributed by atoms with E-state index in [1.54, 1.807) is 0 Å². The molecule has 0 saturated heterocycles. The molecule has 0 bridgehead atoms. The van der Waals surface area contributed by atoms with Gasteiger partial charge in [0.2, 0.25) is 16.8 Å². The van der Waals surface area contributed by atoms with E-state index in [0.29, 0.717) is 24.8 Å². The summed E-state index contributed by atoms with van der Waals surface area (Å²) in [5.74, 6) is 1.96. The van der Waals surface area contributed by atoms with E-state index in [0.717, 1.165) is 16.9 Å². The maximum atomic E-state index is 12.2. The van der Waals surface area contributed by atoms with Crippen LogP contribution in [0.5, 0.6) is 11.5 Å². The third-order valence-electron chi connectivity index (χ3n) is 4.20. The van der Waals surface area contributed by atoms with Crippen LogP contribution in [0.25, 0.3) is 0 Å². The van der Waals surface area contributed by atoms with Crippen molar-refractivity contribution in [1.29, 1.82) is 0 Å². The van der Waals surface area contributed by atoms with Crippen molar-refractivity contribution in [1.82, 2.24) is 15.4 Å². The third-order valence-corrected chi connectivity index (χ3v) is 5.53. The second kappa shape index (κ2) is 10.1. The molecule has 3 rings (SSSR count). The van der Waals surface area contributed by atoms with Crippen LogP contribution in [-0.2, 0) is 23.1 Å². The fourth-order valence-electron chi connectivity index (χ4n) is 2.72. The number of fused-ring (bicyclic) bond motifs is 1. The minimum atomic E-state index is -3.39. The molecule has 0 spiro atoms. The Morgan fingerprint density at radius 1 is 1.03 bits per heavy atom. The van der Waals surface area contributed by atoms with Gasteiger partial charge in [0.15, 0.2) is 17.5 Å². The van der Waals surface area contributed by atoms with Crippen LogP contribution in [0.15, 0.2) is 53.5 Å². The van der Waals surface area contributed by atoms with Gasteiger partial charge in [0.1, 0.15) is 0 Å². The van der Waals surface area contributed by atoms with Crippen molar-refractivity contribution < 1.29 is 17.9 Å². The highest BCUT2D eigenvalue weighted by molar-refractivity contribution is 7.89. The Balaban J connectivity index is 1.48. The van der Waals surface area contributed by atoms with Crippen molar-refractivity contribution in [2.45, 2.75) is 20.0 Å². The fraction of sp³-hybridized carbons (Fsp3) is 0.350. The van der Waals surface area contributed by atoms with Crippen LogP contribution in [0.4, 0.5) is 0 Å². The zero-order valence-electron chi connectivity index (χ0n) is 16.3. The van der Waals surface area contributed by atoms with Gasteiger partial charge in [0, 0.05) is 19.6 Å². The van der Waals surface area contributed by atoms with E-state index in [2.05, 4.69) is 20.3 Å². The minimum absolute atomic E-state index is 0.0473. The molecule has 2 aromatic carbocycles. The first-order valence-corrected chi connectivity index (χ1v) is 11.1. The largest absolute Gasteiger partial charge is 0.454 e. The summed E-state index contributed by atoms with van der Waals surface area (Å²) in [5.41, 5.74) is 1.89. The zero-order valence-corrected chi connectivity index (χ0v) is 17.2. The molecule has 0 atom stereocenters. The molecule has 3 N–H and O–H groups in total. The van der Waals surface area contributed by atoms with Gasteiger partial charge in [-0.2, -0.15) is 0 Å². The summed E-state index contributed by atoms with van der Waals surface area (Å²) < 4.78 is 37.7. The molecule has 9 heteroatoms. The smallest absolute Gasteiger partial charge is 0.231 e. The number of hydrogen-bond donors (Lipinski definition) is 3. The standard InChI is InChI=1S/C20H26N4O4S/c1-2-21-20(23-13-17-8-9-18-19(12-17)28-15-27-18)22-10-11-29(25,26)24-14-16-6-4-3-5-7-16/h3-9,12,24H,2,10-11,13-15H2,1H3,(H2,21,22,23). The molecule has 0 unspecified atom stereocenters. The van der Waals surface area contributed by atoms with Crippen LogP contribution >= 0.6 is 0 Å². The van der Waals surface area contributed by atoms with Gasteiger partial charge in [-0.15, -0.1) is 0 Å². The first-order chi connectivity index (χ1) is 14.1. The normalized spacial score (nSPS) is 13.3. The Morgan fingerprint density at radius 3 is 2.62 bits per heavy atom. The first kappa shape index (κ1) is 20.9. The fourth-order valence-corrected chi connectivity index (χ4v) is 3.62. The number of hydrogen-bond acceptors (Lipinski definition) is 5. The molecular weight excluding hydrogens is 392 g/mol. The van der Waals surface area contributed by atoms with E-state index in [4.69, 9.17) is 9.47 Å². The van der Waals surface area contributed by atoms with E-state index in [1.807, 2.05) is 55.5 Å². The number of benzene rings is 2.